The molecule has 2 nitrogen and oxygen atoms in total. The summed E-state index contributed by atoms with van der Waals surface area (Å²) in [6.07, 6.45) is 6.73. The molecule has 0 bridgehead atoms. The monoisotopic (exact) mass is 392 g/mol. The number of thiocarbonyl (C=S) groups is 1. The number of benzene rings is 2. The largest absolute Gasteiger partial charge is 0.357 e. The van der Waals surface area contributed by atoms with Gasteiger partial charge in [0.1, 0.15) is 0 Å². The Kier molecular flexibility index (Phi) is 6.21. The van der Waals surface area contributed by atoms with E-state index >= 15 is 0 Å². The fourth-order valence-corrected chi connectivity index (χ4v) is 4.19. The van der Waals surface area contributed by atoms with Crippen LogP contribution in [0.25, 0.3) is 0 Å². The lowest BCUT2D eigenvalue weighted by molar-refractivity contribution is 0.362. The Bertz CT molecular complexity index is 725. The SMILES string of the molecule is S=C(Nc1ccc(Cl)cc1)NC1(CCc2ccccc2Cl)CCCC1. The van der Waals surface area contributed by atoms with Crippen LogP contribution in [0.4, 0.5) is 5.69 Å². The summed E-state index contributed by atoms with van der Waals surface area (Å²) >= 11 is 17.8. The van der Waals surface area contributed by atoms with E-state index in [2.05, 4.69) is 16.7 Å². The van der Waals surface area contributed by atoms with Crippen LogP contribution in [0, 0.1) is 0 Å². The second-order valence-corrected chi connectivity index (χ2v) is 7.92. The molecule has 0 atom stereocenters. The Morgan fingerprint density at radius 3 is 2.36 bits per heavy atom. The highest BCUT2D eigenvalue weighted by atomic mass is 35.5. The molecule has 0 heterocycles. The number of rotatable bonds is 5. The molecule has 1 saturated carbocycles. The van der Waals surface area contributed by atoms with Gasteiger partial charge in [-0.25, -0.2) is 0 Å². The van der Waals surface area contributed by atoms with Gasteiger partial charge in [-0.1, -0.05) is 54.2 Å². The summed E-state index contributed by atoms with van der Waals surface area (Å²) in [7, 11) is 0. The zero-order chi connectivity index (χ0) is 17.7. The average molecular weight is 393 g/mol. The van der Waals surface area contributed by atoms with E-state index in [1.54, 1.807) is 0 Å². The second kappa shape index (κ2) is 8.39. The Morgan fingerprint density at radius 1 is 1.00 bits per heavy atom. The van der Waals surface area contributed by atoms with Crippen molar-refractivity contribution < 1.29 is 0 Å². The third kappa shape index (κ3) is 5.10. The van der Waals surface area contributed by atoms with Gasteiger partial charge in [0.2, 0.25) is 0 Å². The number of hydrogen-bond acceptors (Lipinski definition) is 1. The minimum Gasteiger partial charge on any atom is -0.357 e. The Morgan fingerprint density at radius 2 is 1.68 bits per heavy atom. The van der Waals surface area contributed by atoms with Crippen molar-refractivity contribution in [2.24, 2.45) is 0 Å². The van der Waals surface area contributed by atoms with Gasteiger partial charge in [-0.2, -0.15) is 0 Å². The van der Waals surface area contributed by atoms with Crippen molar-refractivity contribution in [2.75, 3.05) is 5.32 Å². The summed E-state index contributed by atoms with van der Waals surface area (Å²) in [5, 5.41) is 9.09. The molecule has 1 fully saturated rings. The van der Waals surface area contributed by atoms with Gasteiger partial charge < -0.3 is 10.6 Å². The van der Waals surface area contributed by atoms with Crippen molar-refractivity contribution in [3.63, 3.8) is 0 Å². The van der Waals surface area contributed by atoms with Crippen molar-refractivity contribution in [2.45, 2.75) is 44.1 Å². The van der Waals surface area contributed by atoms with Crippen LogP contribution < -0.4 is 10.6 Å². The highest BCUT2D eigenvalue weighted by molar-refractivity contribution is 7.80. The summed E-state index contributed by atoms with van der Waals surface area (Å²) in [5.74, 6) is 0. The van der Waals surface area contributed by atoms with E-state index in [4.69, 9.17) is 35.4 Å². The average Bonchev–Trinajstić information content (AvgIpc) is 3.05. The smallest absolute Gasteiger partial charge is 0.171 e. The molecule has 1 aliphatic carbocycles. The van der Waals surface area contributed by atoms with Crippen LogP contribution in [-0.4, -0.2) is 10.7 Å². The van der Waals surface area contributed by atoms with Gasteiger partial charge >= 0.3 is 0 Å². The quantitative estimate of drug-likeness (QED) is 0.589. The van der Waals surface area contributed by atoms with Crippen molar-refractivity contribution in [1.82, 2.24) is 5.32 Å². The van der Waals surface area contributed by atoms with Crippen LogP contribution in [0.1, 0.15) is 37.7 Å². The molecule has 132 valence electrons. The topological polar surface area (TPSA) is 24.1 Å². The standard InChI is InChI=1S/C20H22Cl2N2S/c21-16-7-9-17(10-8-16)23-19(25)24-20(12-3-4-13-20)14-11-15-5-1-2-6-18(15)22/h1-2,5-10H,3-4,11-14H2,(H2,23,24,25). The van der Waals surface area contributed by atoms with E-state index in [0.717, 1.165) is 41.4 Å². The molecule has 2 aromatic rings. The zero-order valence-corrected chi connectivity index (χ0v) is 16.4. The zero-order valence-electron chi connectivity index (χ0n) is 14.0. The highest BCUT2D eigenvalue weighted by Crippen LogP contribution is 2.34. The molecule has 3 rings (SSSR count). The Balaban J connectivity index is 1.62. The van der Waals surface area contributed by atoms with E-state index in [1.165, 1.54) is 18.4 Å². The van der Waals surface area contributed by atoms with Crippen molar-refractivity contribution in [3.8, 4) is 0 Å². The normalized spacial score (nSPS) is 15.8. The van der Waals surface area contributed by atoms with Crippen LogP contribution in [0.5, 0.6) is 0 Å². The molecule has 0 aliphatic heterocycles. The third-order valence-corrected chi connectivity index (χ3v) is 5.70. The van der Waals surface area contributed by atoms with Gasteiger partial charge in [-0.05, 0) is 73.8 Å². The minimum atomic E-state index is 0.0513. The molecule has 0 spiro atoms. The highest BCUT2D eigenvalue weighted by Gasteiger charge is 2.34. The summed E-state index contributed by atoms with van der Waals surface area (Å²) < 4.78 is 0. The maximum absolute atomic E-state index is 6.31. The molecule has 2 aromatic carbocycles. The van der Waals surface area contributed by atoms with E-state index in [0.29, 0.717) is 5.11 Å². The molecule has 0 aromatic heterocycles. The summed E-state index contributed by atoms with van der Waals surface area (Å²) in [6, 6.07) is 15.7. The number of aryl methyl sites for hydroxylation is 1. The van der Waals surface area contributed by atoms with Crippen molar-refractivity contribution in [3.05, 3.63) is 64.1 Å². The van der Waals surface area contributed by atoms with Gasteiger partial charge in [0.05, 0.1) is 0 Å². The lowest BCUT2D eigenvalue weighted by atomic mass is 9.89. The molecule has 0 radical (unpaired) electrons. The van der Waals surface area contributed by atoms with Crippen LogP contribution in [0.2, 0.25) is 10.0 Å². The summed E-state index contributed by atoms with van der Waals surface area (Å²) in [5.41, 5.74) is 2.20. The molecule has 0 unspecified atom stereocenters. The molecule has 25 heavy (non-hydrogen) atoms. The summed E-state index contributed by atoms with van der Waals surface area (Å²) in [4.78, 5) is 0. The Hall–Kier alpha value is -1.29. The van der Waals surface area contributed by atoms with Crippen LogP contribution in [-0.2, 0) is 6.42 Å². The second-order valence-electron chi connectivity index (χ2n) is 6.66. The fraction of sp³-hybridized carbons (Fsp3) is 0.350. The molecule has 5 heteroatoms. The molecule has 1 aliphatic rings. The number of anilines is 1. The van der Waals surface area contributed by atoms with Crippen LogP contribution in [0.3, 0.4) is 0 Å². The van der Waals surface area contributed by atoms with Gasteiger partial charge in [0.25, 0.3) is 0 Å². The summed E-state index contributed by atoms with van der Waals surface area (Å²) in [6.45, 7) is 0. The first-order valence-electron chi connectivity index (χ1n) is 8.65. The lowest BCUT2D eigenvalue weighted by Crippen LogP contribution is -2.48. The number of hydrogen-bond donors (Lipinski definition) is 2. The lowest BCUT2D eigenvalue weighted by Gasteiger charge is -2.32. The number of halogens is 2. The fourth-order valence-electron chi connectivity index (χ4n) is 3.50. The molecular weight excluding hydrogens is 371 g/mol. The Labute approximate surface area is 164 Å². The predicted octanol–water partition coefficient (Wildman–Crippen LogP) is 6.23. The third-order valence-electron chi connectivity index (χ3n) is 4.87. The van der Waals surface area contributed by atoms with E-state index < -0.39 is 0 Å². The maximum Gasteiger partial charge on any atom is 0.171 e. The van der Waals surface area contributed by atoms with Crippen LogP contribution in [0.15, 0.2) is 48.5 Å². The first-order chi connectivity index (χ1) is 12.1. The van der Waals surface area contributed by atoms with E-state index in [9.17, 15) is 0 Å². The first-order valence-corrected chi connectivity index (χ1v) is 9.81. The molecular formula is C20H22Cl2N2S. The molecule has 0 saturated heterocycles. The number of nitrogens with one attached hydrogen (secondary N) is 2. The van der Waals surface area contributed by atoms with Gasteiger partial charge in [0.15, 0.2) is 5.11 Å². The molecule has 2 N–H and O–H groups in total. The molecule has 0 amide bonds. The van der Waals surface area contributed by atoms with Crippen molar-refractivity contribution in [1.29, 1.82) is 0 Å². The first kappa shape index (κ1) is 18.5. The van der Waals surface area contributed by atoms with Crippen LogP contribution >= 0.6 is 35.4 Å². The van der Waals surface area contributed by atoms with Gasteiger partial charge in [-0.3, -0.25) is 0 Å². The van der Waals surface area contributed by atoms with Crippen molar-refractivity contribution >= 4 is 46.2 Å². The van der Waals surface area contributed by atoms with Gasteiger partial charge in [0, 0.05) is 21.3 Å². The maximum atomic E-state index is 6.31. The van der Waals surface area contributed by atoms with E-state index in [-0.39, 0.29) is 5.54 Å². The van der Waals surface area contributed by atoms with E-state index in [1.807, 2.05) is 42.5 Å². The van der Waals surface area contributed by atoms with Gasteiger partial charge in [-0.15, -0.1) is 0 Å². The minimum absolute atomic E-state index is 0.0513. The predicted molar refractivity (Wildman–Crippen MR) is 112 cm³/mol.